The van der Waals surface area contributed by atoms with E-state index in [1.165, 1.54) is 12.8 Å². The topological polar surface area (TPSA) is 52.3 Å². The molecular weight excluding hydrogens is 178 g/mol. The molecule has 2 N–H and O–H groups in total. The lowest BCUT2D eigenvalue weighted by Gasteiger charge is -2.23. The third-order valence-corrected chi connectivity index (χ3v) is 3.51. The van der Waals surface area contributed by atoms with E-state index < -0.39 is 0 Å². The highest BCUT2D eigenvalue weighted by Crippen LogP contribution is 2.31. The Morgan fingerprint density at radius 3 is 2.71 bits per heavy atom. The molecule has 2 aliphatic rings. The molecule has 1 aliphatic heterocycles. The Morgan fingerprint density at radius 1 is 1.43 bits per heavy atom. The summed E-state index contributed by atoms with van der Waals surface area (Å²) in [6.07, 6.45) is 5.88. The number of ketones is 1. The monoisotopic (exact) mass is 197 g/mol. The van der Waals surface area contributed by atoms with E-state index in [-0.39, 0.29) is 11.5 Å². The molecule has 2 fully saturated rings. The highest BCUT2D eigenvalue weighted by atomic mass is 16.5. The summed E-state index contributed by atoms with van der Waals surface area (Å²) in [4.78, 5) is 11.8. The van der Waals surface area contributed by atoms with Gasteiger partial charge in [0.05, 0.1) is 6.61 Å². The van der Waals surface area contributed by atoms with E-state index >= 15 is 0 Å². The van der Waals surface area contributed by atoms with Gasteiger partial charge in [0.2, 0.25) is 0 Å². The van der Waals surface area contributed by atoms with E-state index in [4.69, 9.17) is 10.5 Å². The maximum Gasteiger partial charge on any atom is 0.140 e. The summed E-state index contributed by atoms with van der Waals surface area (Å²) >= 11 is 0. The smallest absolute Gasteiger partial charge is 0.140 e. The van der Waals surface area contributed by atoms with Crippen molar-refractivity contribution in [1.82, 2.24) is 0 Å². The van der Waals surface area contributed by atoms with Gasteiger partial charge in [-0.3, -0.25) is 4.79 Å². The highest BCUT2D eigenvalue weighted by molar-refractivity contribution is 5.82. The highest BCUT2D eigenvalue weighted by Gasteiger charge is 2.34. The fourth-order valence-electron chi connectivity index (χ4n) is 2.54. The van der Waals surface area contributed by atoms with Crippen LogP contribution in [0.25, 0.3) is 0 Å². The molecule has 1 heterocycles. The van der Waals surface area contributed by atoms with Crippen LogP contribution in [-0.2, 0) is 9.53 Å². The van der Waals surface area contributed by atoms with Crippen LogP contribution in [0.3, 0.4) is 0 Å². The summed E-state index contributed by atoms with van der Waals surface area (Å²) in [6.45, 7) is 1.36. The van der Waals surface area contributed by atoms with Crippen molar-refractivity contribution in [2.75, 3.05) is 13.2 Å². The third-order valence-electron chi connectivity index (χ3n) is 3.51. The molecule has 1 aliphatic carbocycles. The number of carbonyl (C=O) groups is 1. The molecular formula is C11H19NO2. The van der Waals surface area contributed by atoms with Gasteiger partial charge in [0.25, 0.3) is 0 Å². The predicted octanol–water partition coefficient (Wildman–Crippen LogP) is 1.25. The summed E-state index contributed by atoms with van der Waals surface area (Å²) in [6, 6.07) is 0. The van der Waals surface area contributed by atoms with Crippen LogP contribution in [0.1, 0.15) is 38.5 Å². The molecule has 0 radical (unpaired) electrons. The zero-order chi connectivity index (χ0) is 10.0. The zero-order valence-corrected chi connectivity index (χ0v) is 8.63. The molecule has 0 aromatic heterocycles. The van der Waals surface area contributed by atoms with Gasteiger partial charge >= 0.3 is 0 Å². The summed E-state index contributed by atoms with van der Waals surface area (Å²) in [5.41, 5.74) is 5.99. The van der Waals surface area contributed by atoms with Crippen molar-refractivity contribution in [2.24, 2.45) is 11.7 Å². The number of rotatable bonds is 3. The predicted molar refractivity (Wildman–Crippen MR) is 53.9 cm³/mol. The second-order valence-electron chi connectivity index (χ2n) is 4.77. The van der Waals surface area contributed by atoms with E-state index in [2.05, 4.69) is 0 Å². The number of ether oxygens (including phenoxy) is 1. The standard InChI is InChI=1S/C11H19NO2/c12-11(4-1-2-5-11)7-10(13)9-3-6-14-8-9/h9H,1-8,12H2. The second kappa shape index (κ2) is 3.99. The van der Waals surface area contributed by atoms with Gasteiger partial charge in [0, 0.05) is 24.5 Å². The third kappa shape index (κ3) is 2.15. The van der Waals surface area contributed by atoms with E-state index in [0.717, 1.165) is 25.9 Å². The minimum Gasteiger partial charge on any atom is -0.381 e. The molecule has 3 nitrogen and oxygen atoms in total. The van der Waals surface area contributed by atoms with Crippen molar-refractivity contribution in [1.29, 1.82) is 0 Å². The van der Waals surface area contributed by atoms with Gasteiger partial charge < -0.3 is 10.5 Å². The first-order valence-corrected chi connectivity index (χ1v) is 5.59. The minimum atomic E-state index is -0.181. The number of hydrogen-bond donors (Lipinski definition) is 1. The largest absolute Gasteiger partial charge is 0.381 e. The number of carbonyl (C=O) groups excluding carboxylic acids is 1. The maximum atomic E-state index is 11.8. The van der Waals surface area contributed by atoms with E-state index in [0.29, 0.717) is 18.8 Å². The summed E-state index contributed by atoms with van der Waals surface area (Å²) in [7, 11) is 0. The van der Waals surface area contributed by atoms with Crippen LogP contribution in [0, 0.1) is 5.92 Å². The molecule has 1 saturated heterocycles. The molecule has 0 aromatic rings. The van der Waals surface area contributed by atoms with Crippen LogP contribution in [0.15, 0.2) is 0 Å². The van der Waals surface area contributed by atoms with E-state index in [9.17, 15) is 4.79 Å². The molecule has 0 bridgehead atoms. The lowest BCUT2D eigenvalue weighted by Crippen LogP contribution is -2.40. The van der Waals surface area contributed by atoms with Crippen LogP contribution in [-0.4, -0.2) is 24.5 Å². The van der Waals surface area contributed by atoms with Gasteiger partial charge in [-0.1, -0.05) is 12.8 Å². The van der Waals surface area contributed by atoms with Gasteiger partial charge in [-0.15, -0.1) is 0 Å². The van der Waals surface area contributed by atoms with E-state index in [1.807, 2.05) is 0 Å². The molecule has 0 amide bonds. The van der Waals surface area contributed by atoms with E-state index in [1.54, 1.807) is 0 Å². The zero-order valence-electron chi connectivity index (χ0n) is 8.63. The quantitative estimate of drug-likeness (QED) is 0.741. The Morgan fingerprint density at radius 2 is 2.14 bits per heavy atom. The molecule has 1 atom stereocenters. The molecule has 14 heavy (non-hydrogen) atoms. The Kier molecular flexibility index (Phi) is 2.88. The first kappa shape index (κ1) is 10.1. The molecule has 80 valence electrons. The van der Waals surface area contributed by atoms with Gasteiger partial charge in [-0.25, -0.2) is 0 Å². The van der Waals surface area contributed by atoms with Crippen LogP contribution >= 0.6 is 0 Å². The van der Waals surface area contributed by atoms with Crippen molar-refractivity contribution in [3.8, 4) is 0 Å². The normalized spacial score (nSPS) is 30.8. The summed E-state index contributed by atoms with van der Waals surface area (Å²) in [5, 5.41) is 0. The molecule has 3 heteroatoms. The van der Waals surface area contributed by atoms with Crippen LogP contribution < -0.4 is 5.73 Å². The number of hydrogen-bond acceptors (Lipinski definition) is 3. The maximum absolute atomic E-state index is 11.8. The first-order chi connectivity index (χ1) is 6.70. The second-order valence-corrected chi connectivity index (χ2v) is 4.77. The van der Waals surface area contributed by atoms with Crippen molar-refractivity contribution in [2.45, 2.75) is 44.1 Å². The van der Waals surface area contributed by atoms with Crippen molar-refractivity contribution in [3.05, 3.63) is 0 Å². The van der Waals surface area contributed by atoms with Gasteiger partial charge in [-0.05, 0) is 19.3 Å². The van der Waals surface area contributed by atoms with Crippen LogP contribution in [0.4, 0.5) is 0 Å². The van der Waals surface area contributed by atoms with Gasteiger partial charge in [-0.2, -0.15) is 0 Å². The van der Waals surface area contributed by atoms with Crippen LogP contribution in [0.5, 0.6) is 0 Å². The summed E-state index contributed by atoms with van der Waals surface area (Å²) < 4.78 is 5.21. The number of nitrogens with two attached hydrogens (primary N) is 1. The first-order valence-electron chi connectivity index (χ1n) is 5.59. The Bertz CT molecular complexity index is 215. The Hall–Kier alpha value is -0.410. The number of Topliss-reactive ketones (excluding diaryl/α,β-unsaturated/α-hetero) is 1. The molecule has 2 rings (SSSR count). The molecule has 0 spiro atoms. The van der Waals surface area contributed by atoms with Crippen LogP contribution in [0.2, 0.25) is 0 Å². The lowest BCUT2D eigenvalue weighted by atomic mass is 9.87. The Labute approximate surface area is 85.0 Å². The minimum absolute atomic E-state index is 0.135. The van der Waals surface area contributed by atoms with Gasteiger partial charge in [0.1, 0.15) is 5.78 Å². The van der Waals surface area contributed by atoms with Crippen molar-refractivity contribution in [3.63, 3.8) is 0 Å². The molecule has 1 saturated carbocycles. The lowest BCUT2D eigenvalue weighted by molar-refractivity contribution is -0.124. The van der Waals surface area contributed by atoms with Crippen molar-refractivity contribution >= 4 is 5.78 Å². The van der Waals surface area contributed by atoms with Crippen molar-refractivity contribution < 1.29 is 9.53 Å². The molecule has 1 unspecified atom stereocenters. The fourth-order valence-corrected chi connectivity index (χ4v) is 2.54. The summed E-state index contributed by atoms with van der Waals surface area (Å²) in [5.74, 6) is 0.461. The SMILES string of the molecule is NC1(CC(=O)C2CCOC2)CCCC1. The average Bonchev–Trinajstić information content (AvgIpc) is 2.74. The average molecular weight is 197 g/mol. The fraction of sp³-hybridized carbons (Fsp3) is 0.909. The van der Waals surface area contributed by atoms with Gasteiger partial charge in [0.15, 0.2) is 0 Å². The Balaban J connectivity index is 1.86. The molecule has 0 aromatic carbocycles.